The van der Waals surface area contributed by atoms with Gasteiger partial charge in [0.2, 0.25) is 0 Å². The maximum atomic E-state index is 10.9. The second kappa shape index (κ2) is 19.0. The largest absolute Gasteiger partial charge is 0.299 e. The van der Waals surface area contributed by atoms with Gasteiger partial charge in [-0.15, -0.1) is 0 Å². The average Bonchev–Trinajstić information content (AvgIpc) is 2.84. The second-order valence-electron chi connectivity index (χ2n) is 8.06. The first-order valence-corrected chi connectivity index (χ1v) is 12.2. The molecule has 2 rings (SSSR count). The highest BCUT2D eigenvalue weighted by molar-refractivity contribution is 5.82. The van der Waals surface area contributed by atoms with E-state index >= 15 is 0 Å². The molecule has 0 radical (unpaired) electrons. The molecule has 2 aromatic rings. The Kier molecular flexibility index (Phi) is 16.2. The quantitative estimate of drug-likeness (QED) is 0.170. The lowest BCUT2D eigenvalue weighted by Crippen LogP contribution is -1.86. The molecule has 0 fully saturated rings. The van der Waals surface area contributed by atoms with E-state index in [9.17, 15) is 9.59 Å². The lowest BCUT2D eigenvalue weighted by atomic mass is 9.99. The minimum absolute atomic E-state index is 0.891. The van der Waals surface area contributed by atoms with E-state index < -0.39 is 0 Å². The van der Waals surface area contributed by atoms with E-state index in [0.717, 1.165) is 48.5 Å². The number of carbonyl (C=O) groups excluding carboxylic acids is 2. The summed E-state index contributed by atoms with van der Waals surface area (Å²) in [4.78, 5) is 21.5. The number of unbranched alkanes of at least 4 members (excludes halogenated alkanes) is 6. The van der Waals surface area contributed by atoms with Gasteiger partial charge in [-0.05, 0) is 60.1 Å². The second-order valence-corrected chi connectivity index (χ2v) is 8.06. The van der Waals surface area contributed by atoms with E-state index in [-0.39, 0.29) is 0 Å². The summed E-state index contributed by atoms with van der Waals surface area (Å²) in [5.74, 6) is 0. The molecule has 0 heterocycles. The molecule has 172 valence electrons. The molecule has 0 aliphatic carbocycles. The molecule has 0 N–H and O–H groups in total. The predicted octanol–water partition coefficient (Wildman–Crippen LogP) is 8.48. The van der Waals surface area contributed by atoms with Gasteiger partial charge in [-0.1, -0.05) is 113 Å². The van der Waals surface area contributed by atoms with Crippen LogP contribution in [-0.4, -0.2) is 12.6 Å². The highest BCUT2D eigenvalue weighted by atomic mass is 16.1. The lowest BCUT2D eigenvalue weighted by molar-refractivity contribution is -0.105. The Labute approximate surface area is 195 Å². The fraction of sp³-hybridized carbons (Fsp3) is 0.400. The highest BCUT2D eigenvalue weighted by Crippen LogP contribution is 2.20. The molecule has 32 heavy (non-hydrogen) atoms. The summed E-state index contributed by atoms with van der Waals surface area (Å²) in [5.41, 5.74) is 4.35. The number of hydrogen-bond acceptors (Lipinski definition) is 2. The molecule has 2 heteroatoms. The van der Waals surface area contributed by atoms with Crippen molar-refractivity contribution in [2.24, 2.45) is 0 Å². The molecule has 0 aliphatic rings. The van der Waals surface area contributed by atoms with E-state index in [1.165, 1.54) is 50.5 Å². The Hall–Kier alpha value is -2.74. The molecule has 2 nitrogen and oxygen atoms in total. The van der Waals surface area contributed by atoms with E-state index in [1.807, 2.05) is 54.6 Å². The molecular weight excluding hydrogens is 392 g/mol. The highest BCUT2D eigenvalue weighted by Gasteiger charge is 2.00. The van der Waals surface area contributed by atoms with Crippen LogP contribution in [-0.2, 0) is 9.59 Å². The van der Waals surface area contributed by atoms with Crippen LogP contribution in [0.3, 0.4) is 0 Å². The Morgan fingerprint density at radius 1 is 0.688 bits per heavy atom. The Balaban J connectivity index is 0.000000320. The topological polar surface area (TPSA) is 34.1 Å². The fourth-order valence-electron chi connectivity index (χ4n) is 3.48. The molecule has 0 atom stereocenters. The van der Waals surface area contributed by atoms with Crippen LogP contribution < -0.4 is 0 Å². The monoisotopic (exact) mass is 432 g/mol. The van der Waals surface area contributed by atoms with Crippen molar-refractivity contribution in [1.82, 2.24) is 0 Å². The van der Waals surface area contributed by atoms with Crippen molar-refractivity contribution in [3.63, 3.8) is 0 Å². The summed E-state index contributed by atoms with van der Waals surface area (Å²) >= 11 is 0. The molecule has 0 bridgehead atoms. The Morgan fingerprint density at radius 2 is 1.25 bits per heavy atom. The molecule has 0 aromatic heterocycles. The zero-order valence-corrected chi connectivity index (χ0v) is 20.0. The maximum absolute atomic E-state index is 10.9. The van der Waals surface area contributed by atoms with Crippen LogP contribution in [0.1, 0.15) is 89.2 Å². The minimum Gasteiger partial charge on any atom is -0.299 e. The van der Waals surface area contributed by atoms with Gasteiger partial charge in [0.25, 0.3) is 0 Å². The van der Waals surface area contributed by atoms with Gasteiger partial charge in [0.1, 0.15) is 12.6 Å². The normalized spacial score (nSPS) is 11.4. The molecule has 0 aliphatic heterocycles. The van der Waals surface area contributed by atoms with Crippen LogP contribution in [0, 0.1) is 0 Å². The van der Waals surface area contributed by atoms with Crippen LogP contribution in [0.25, 0.3) is 11.6 Å². The third-order valence-corrected chi connectivity index (χ3v) is 5.34. The summed E-state index contributed by atoms with van der Waals surface area (Å²) < 4.78 is 0. The Morgan fingerprint density at radius 3 is 1.78 bits per heavy atom. The van der Waals surface area contributed by atoms with Gasteiger partial charge < -0.3 is 0 Å². The van der Waals surface area contributed by atoms with E-state index in [2.05, 4.69) is 26.0 Å². The third kappa shape index (κ3) is 12.8. The summed E-state index contributed by atoms with van der Waals surface area (Å²) in [5, 5.41) is 0. The third-order valence-electron chi connectivity index (χ3n) is 5.34. The van der Waals surface area contributed by atoms with Gasteiger partial charge in [-0.25, -0.2) is 0 Å². The van der Waals surface area contributed by atoms with Crippen molar-refractivity contribution in [2.45, 2.75) is 78.1 Å². The summed E-state index contributed by atoms with van der Waals surface area (Å²) in [6, 6.07) is 20.2. The number of aldehydes is 2. The van der Waals surface area contributed by atoms with Crippen molar-refractivity contribution in [2.75, 3.05) is 0 Å². The van der Waals surface area contributed by atoms with E-state index in [1.54, 1.807) is 6.08 Å². The SMILES string of the molecule is CCCCCCC(=CC=O)c1ccccc1.CCCCCCC(C=O)=Cc1ccccc1. The van der Waals surface area contributed by atoms with Crippen molar-refractivity contribution < 1.29 is 9.59 Å². The summed E-state index contributed by atoms with van der Waals surface area (Å²) in [6.45, 7) is 4.40. The van der Waals surface area contributed by atoms with Crippen LogP contribution in [0.5, 0.6) is 0 Å². The maximum Gasteiger partial charge on any atom is 0.146 e. The molecule has 0 unspecified atom stereocenters. The molecule has 2 aromatic carbocycles. The van der Waals surface area contributed by atoms with E-state index in [4.69, 9.17) is 0 Å². The first-order valence-electron chi connectivity index (χ1n) is 12.2. The number of allylic oxidation sites excluding steroid dienone is 3. The predicted molar refractivity (Wildman–Crippen MR) is 138 cm³/mol. The van der Waals surface area contributed by atoms with E-state index in [0.29, 0.717) is 0 Å². The van der Waals surface area contributed by atoms with Crippen LogP contribution in [0.2, 0.25) is 0 Å². The molecule has 0 saturated heterocycles. The van der Waals surface area contributed by atoms with Crippen LogP contribution >= 0.6 is 0 Å². The fourth-order valence-corrected chi connectivity index (χ4v) is 3.48. The zero-order valence-electron chi connectivity index (χ0n) is 20.0. The van der Waals surface area contributed by atoms with Crippen LogP contribution in [0.4, 0.5) is 0 Å². The van der Waals surface area contributed by atoms with Gasteiger partial charge in [0.15, 0.2) is 0 Å². The van der Waals surface area contributed by atoms with Crippen molar-refractivity contribution >= 4 is 24.2 Å². The number of benzene rings is 2. The molecule has 0 saturated carbocycles. The van der Waals surface area contributed by atoms with Gasteiger partial charge >= 0.3 is 0 Å². The van der Waals surface area contributed by atoms with Crippen LogP contribution in [0.15, 0.2) is 72.3 Å². The zero-order chi connectivity index (χ0) is 23.3. The molecular formula is C30H40O2. The standard InChI is InChI=1S/2C15H20O/c1-2-3-4-6-11-15(13-16)12-14-9-7-5-8-10-14;1-2-3-4-6-11-15(12-13-16)14-9-7-5-8-10-14/h2*5,7-10,12-13H,2-4,6,11H2,1H3. The van der Waals surface area contributed by atoms with Gasteiger partial charge in [0.05, 0.1) is 0 Å². The minimum atomic E-state index is 0.891. The first-order chi connectivity index (χ1) is 15.7. The smallest absolute Gasteiger partial charge is 0.146 e. The number of hydrogen-bond donors (Lipinski definition) is 0. The summed E-state index contributed by atoms with van der Waals surface area (Å²) in [6.07, 6.45) is 17.2. The Bertz CT molecular complexity index is 788. The van der Waals surface area contributed by atoms with Gasteiger partial charge in [-0.2, -0.15) is 0 Å². The lowest BCUT2D eigenvalue weighted by Gasteiger charge is -2.06. The number of rotatable bonds is 14. The van der Waals surface area contributed by atoms with Crippen molar-refractivity contribution in [3.05, 3.63) is 83.4 Å². The van der Waals surface area contributed by atoms with Crippen molar-refractivity contribution in [3.8, 4) is 0 Å². The number of carbonyl (C=O) groups is 2. The van der Waals surface area contributed by atoms with Gasteiger partial charge in [0, 0.05) is 0 Å². The molecule has 0 spiro atoms. The summed E-state index contributed by atoms with van der Waals surface area (Å²) in [7, 11) is 0. The molecule has 0 amide bonds. The average molecular weight is 433 g/mol. The van der Waals surface area contributed by atoms with Crippen molar-refractivity contribution in [1.29, 1.82) is 0 Å². The first kappa shape index (κ1) is 27.3. The van der Waals surface area contributed by atoms with Gasteiger partial charge in [-0.3, -0.25) is 9.59 Å².